The highest BCUT2D eigenvalue weighted by molar-refractivity contribution is 9.10. The zero-order chi connectivity index (χ0) is 13.2. The Morgan fingerprint density at radius 1 is 1.33 bits per heavy atom. The lowest BCUT2D eigenvalue weighted by molar-refractivity contribution is 0.463. The Labute approximate surface area is 121 Å². The van der Waals surface area contributed by atoms with Gasteiger partial charge in [-0.1, -0.05) is 17.7 Å². The molecule has 1 aliphatic rings. The summed E-state index contributed by atoms with van der Waals surface area (Å²) in [6, 6.07) is 6.13. The number of benzene rings is 1. The van der Waals surface area contributed by atoms with E-state index in [-0.39, 0.29) is 6.04 Å². The molecule has 0 atom stereocenters. The van der Waals surface area contributed by atoms with Gasteiger partial charge in [0.25, 0.3) is 0 Å². The Hall–Kier alpha value is -0.100. The van der Waals surface area contributed by atoms with Crippen LogP contribution in [-0.2, 0) is 16.4 Å². The van der Waals surface area contributed by atoms with E-state index < -0.39 is 9.84 Å². The van der Waals surface area contributed by atoms with Crippen LogP contribution in [0.15, 0.2) is 22.7 Å². The molecule has 0 aliphatic carbocycles. The lowest BCUT2D eigenvalue weighted by Crippen LogP contribution is -2.37. The van der Waals surface area contributed by atoms with E-state index in [1.54, 1.807) is 0 Å². The van der Waals surface area contributed by atoms with Crippen LogP contribution in [0.1, 0.15) is 18.4 Å². The van der Waals surface area contributed by atoms with Gasteiger partial charge in [0.2, 0.25) is 0 Å². The Balaban J connectivity index is 1.87. The van der Waals surface area contributed by atoms with E-state index in [2.05, 4.69) is 21.2 Å². The molecule has 0 bridgehead atoms. The third kappa shape index (κ3) is 3.95. The van der Waals surface area contributed by atoms with Crippen molar-refractivity contribution in [2.45, 2.75) is 25.4 Å². The highest BCUT2D eigenvalue weighted by Gasteiger charge is 2.22. The lowest BCUT2D eigenvalue weighted by Gasteiger charge is -2.23. The Morgan fingerprint density at radius 2 is 2.00 bits per heavy atom. The predicted octanol–water partition coefficient (Wildman–Crippen LogP) is 2.77. The number of halogens is 2. The molecule has 0 spiro atoms. The second-order valence-electron chi connectivity index (χ2n) is 4.56. The van der Waals surface area contributed by atoms with Gasteiger partial charge in [0.05, 0.1) is 16.5 Å². The normalized spacial score (nSPS) is 19.9. The molecule has 1 aromatic carbocycles. The van der Waals surface area contributed by atoms with Gasteiger partial charge in [0.1, 0.15) is 9.84 Å². The fourth-order valence-electron chi connectivity index (χ4n) is 2.01. The van der Waals surface area contributed by atoms with Crippen LogP contribution in [0.5, 0.6) is 0 Å². The smallest absolute Gasteiger partial charge is 0.150 e. The molecule has 1 aliphatic heterocycles. The van der Waals surface area contributed by atoms with Crippen LogP contribution in [0.2, 0.25) is 5.02 Å². The Bertz CT molecular complexity index is 519. The maximum atomic E-state index is 11.3. The van der Waals surface area contributed by atoms with Crippen LogP contribution in [0, 0.1) is 0 Å². The average Bonchev–Trinajstić information content (AvgIpc) is 2.32. The first kappa shape index (κ1) is 14.3. The van der Waals surface area contributed by atoms with Crippen LogP contribution < -0.4 is 5.32 Å². The molecule has 1 saturated heterocycles. The first-order valence-electron chi connectivity index (χ1n) is 5.84. The van der Waals surface area contributed by atoms with Gasteiger partial charge >= 0.3 is 0 Å². The van der Waals surface area contributed by atoms with Crippen molar-refractivity contribution >= 4 is 37.4 Å². The zero-order valence-electron chi connectivity index (χ0n) is 9.83. The van der Waals surface area contributed by atoms with Gasteiger partial charge in [-0.25, -0.2) is 8.42 Å². The summed E-state index contributed by atoms with van der Waals surface area (Å²) in [6.45, 7) is 0.720. The summed E-state index contributed by atoms with van der Waals surface area (Å²) in [5, 5.41) is 4.08. The van der Waals surface area contributed by atoms with E-state index in [4.69, 9.17) is 11.6 Å². The van der Waals surface area contributed by atoms with E-state index in [1.165, 1.54) is 0 Å². The van der Waals surface area contributed by atoms with Gasteiger partial charge in [-0.15, -0.1) is 0 Å². The fourth-order valence-corrected chi connectivity index (χ4v) is 3.95. The van der Waals surface area contributed by atoms with Crippen LogP contribution in [-0.4, -0.2) is 26.0 Å². The van der Waals surface area contributed by atoms with E-state index >= 15 is 0 Å². The first-order chi connectivity index (χ1) is 8.46. The monoisotopic (exact) mass is 351 g/mol. The summed E-state index contributed by atoms with van der Waals surface area (Å²) >= 11 is 9.37. The molecular formula is C12H15BrClNO2S. The van der Waals surface area contributed by atoms with E-state index in [0.717, 1.165) is 16.6 Å². The number of nitrogens with one attached hydrogen (secondary N) is 1. The van der Waals surface area contributed by atoms with Gasteiger partial charge in [-0.05, 0) is 46.5 Å². The Morgan fingerprint density at radius 3 is 2.61 bits per heavy atom. The minimum atomic E-state index is -2.78. The molecule has 1 heterocycles. The largest absolute Gasteiger partial charge is 0.310 e. The number of hydrogen-bond donors (Lipinski definition) is 1. The van der Waals surface area contributed by atoms with Crippen molar-refractivity contribution in [3.05, 3.63) is 33.3 Å². The van der Waals surface area contributed by atoms with Crippen LogP contribution in [0.4, 0.5) is 0 Å². The summed E-state index contributed by atoms with van der Waals surface area (Å²) in [5.41, 5.74) is 1.11. The molecule has 6 heteroatoms. The van der Waals surface area contributed by atoms with Gasteiger partial charge in [0.15, 0.2) is 0 Å². The average molecular weight is 353 g/mol. The van der Waals surface area contributed by atoms with Crippen LogP contribution in [0.25, 0.3) is 0 Å². The molecule has 0 aromatic heterocycles. The molecule has 2 rings (SSSR count). The molecule has 0 unspecified atom stereocenters. The SMILES string of the molecule is O=S1(=O)CCC(NCc2ccc(Br)c(Cl)c2)CC1. The number of hydrogen-bond acceptors (Lipinski definition) is 3. The molecule has 0 amide bonds. The Kier molecular flexibility index (Phi) is 4.69. The summed E-state index contributed by atoms with van der Waals surface area (Å²) < 4.78 is 23.5. The standard InChI is InChI=1S/C12H15BrClNO2S/c13-11-2-1-9(7-12(11)14)8-15-10-3-5-18(16,17)6-4-10/h1-2,7,10,15H,3-6,8H2. The molecule has 100 valence electrons. The van der Waals surface area contributed by atoms with E-state index in [0.29, 0.717) is 29.4 Å². The molecule has 3 nitrogen and oxygen atoms in total. The third-order valence-electron chi connectivity index (χ3n) is 3.13. The molecule has 18 heavy (non-hydrogen) atoms. The summed E-state index contributed by atoms with van der Waals surface area (Å²) in [5.74, 6) is 0.595. The molecule has 1 N–H and O–H groups in total. The molecule has 0 saturated carbocycles. The minimum absolute atomic E-state index is 0.288. The van der Waals surface area contributed by atoms with Crippen LogP contribution in [0.3, 0.4) is 0 Å². The second kappa shape index (κ2) is 5.90. The van der Waals surface area contributed by atoms with Crippen molar-refractivity contribution in [2.24, 2.45) is 0 Å². The predicted molar refractivity (Wildman–Crippen MR) is 77.7 cm³/mol. The van der Waals surface area contributed by atoms with E-state index in [1.807, 2.05) is 18.2 Å². The first-order valence-corrected chi connectivity index (χ1v) is 8.83. The lowest BCUT2D eigenvalue weighted by atomic mass is 10.1. The van der Waals surface area contributed by atoms with Crippen molar-refractivity contribution < 1.29 is 8.42 Å². The van der Waals surface area contributed by atoms with Gasteiger partial charge in [-0.3, -0.25) is 0 Å². The molecule has 1 aromatic rings. The maximum Gasteiger partial charge on any atom is 0.150 e. The van der Waals surface area contributed by atoms with Crippen molar-refractivity contribution in [3.8, 4) is 0 Å². The van der Waals surface area contributed by atoms with Crippen molar-refractivity contribution in [2.75, 3.05) is 11.5 Å². The topological polar surface area (TPSA) is 46.2 Å². The second-order valence-corrected chi connectivity index (χ2v) is 8.12. The third-order valence-corrected chi connectivity index (χ3v) is 6.08. The molecule has 1 fully saturated rings. The minimum Gasteiger partial charge on any atom is -0.310 e. The van der Waals surface area contributed by atoms with E-state index in [9.17, 15) is 8.42 Å². The van der Waals surface area contributed by atoms with Crippen molar-refractivity contribution in [3.63, 3.8) is 0 Å². The molecular weight excluding hydrogens is 338 g/mol. The number of sulfone groups is 1. The summed E-state index contributed by atoms with van der Waals surface area (Å²) in [4.78, 5) is 0. The highest BCUT2D eigenvalue weighted by Crippen LogP contribution is 2.23. The fraction of sp³-hybridized carbons (Fsp3) is 0.500. The summed E-state index contributed by atoms with van der Waals surface area (Å²) in [7, 11) is -2.78. The van der Waals surface area contributed by atoms with Crippen molar-refractivity contribution in [1.82, 2.24) is 5.32 Å². The van der Waals surface area contributed by atoms with Crippen molar-refractivity contribution in [1.29, 1.82) is 0 Å². The van der Waals surface area contributed by atoms with Gasteiger partial charge < -0.3 is 5.32 Å². The highest BCUT2D eigenvalue weighted by atomic mass is 79.9. The maximum absolute atomic E-state index is 11.3. The van der Waals surface area contributed by atoms with Gasteiger partial charge in [-0.2, -0.15) is 0 Å². The van der Waals surface area contributed by atoms with Gasteiger partial charge in [0, 0.05) is 17.1 Å². The van der Waals surface area contributed by atoms with Crippen LogP contribution >= 0.6 is 27.5 Å². The summed E-state index contributed by atoms with van der Waals surface area (Å²) in [6.07, 6.45) is 1.40. The quantitative estimate of drug-likeness (QED) is 0.910. The zero-order valence-corrected chi connectivity index (χ0v) is 13.0. The molecule has 0 radical (unpaired) electrons. The number of rotatable bonds is 3.